The molecule has 4 aliphatic heterocycles. The zero-order valence-corrected chi connectivity index (χ0v) is 39.6. The number of carbonyl (C=O) groups is 2. The molecule has 70 heavy (non-hydrogen) atoms. The molecule has 3 aromatic carbocycles. The number of hydrogen-bond acceptors (Lipinski definition) is 15. The molecular formula is C47H58N14O8S. The first-order chi connectivity index (χ1) is 34.3. The second-order valence-corrected chi connectivity index (χ2v) is 18.6. The summed E-state index contributed by atoms with van der Waals surface area (Å²) >= 11 is 1.89. The third kappa shape index (κ3) is 12.2. The summed E-state index contributed by atoms with van der Waals surface area (Å²) in [5.74, 6) is 0.565. The van der Waals surface area contributed by atoms with Crippen LogP contribution in [0.15, 0.2) is 102 Å². The summed E-state index contributed by atoms with van der Waals surface area (Å²) in [6, 6.07) is 23.5. The fraction of sp³-hybridized carbons (Fsp3) is 0.489. The quantitative estimate of drug-likeness (QED) is 0.0259. The van der Waals surface area contributed by atoms with Crippen LogP contribution in [0.3, 0.4) is 0 Å². The van der Waals surface area contributed by atoms with E-state index in [0.29, 0.717) is 63.5 Å². The van der Waals surface area contributed by atoms with Crippen molar-refractivity contribution in [1.82, 2.24) is 45.1 Å². The number of rotatable bonds is 24. The molecule has 4 saturated heterocycles. The predicted octanol–water partition coefficient (Wildman–Crippen LogP) is 4.12. The topological polar surface area (TPSA) is 242 Å². The molecule has 370 valence electrons. The van der Waals surface area contributed by atoms with E-state index in [-0.39, 0.29) is 49.0 Å². The zero-order valence-electron chi connectivity index (χ0n) is 38.8. The van der Waals surface area contributed by atoms with Crippen LogP contribution in [0.1, 0.15) is 31.2 Å². The molecule has 6 heterocycles. The number of benzene rings is 3. The molecule has 3 N–H and O–H groups in total. The lowest BCUT2D eigenvalue weighted by Gasteiger charge is -2.37. The number of nitrogens with zero attached hydrogens (tertiary/aromatic N) is 11. The van der Waals surface area contributed by atoms with Crippen molar-refractivity contribution in [2.75, 3.05) is 87.9 Å². The summed E-state index contributed by atoms with van der Waals surface area (Å²) in [7, 11) is 0. The molecular weight excluding hydrogens is 921 g/mol. The Hall–Kier alpha value is -6.62. The number of carbonyl (C=O) groups excluding carboxylic acids is 2. The largest absolute Gasteiger partial charge is 0.491 e. The van der Waals surface area contributed by atoms with E-state index in [1.807, 2.05) is 60.3 Å². The average molecular weight is 979 g/mol. The van der Waals surface area contributed by atoms with E-state index in [4.69, 9.17) is 29.2 Å². The summed E-state index contributed by atoms with van der Waals surface area (Å²) in [6.07, 6.45) is 7.48. The van der Waals surface area contributed by atoms with E-state index < -0.39 is 5.79 Å². The van der Waals surface area contributed by atoms with Crippen LogP contribution in [0.4, 0.5) is 21.9 Å². The summed E-state index contributed by atoms with van der Waals surface area (Å²) in [4.78, 5) is 48.5. The lowest BCUT2D eigenvalue weighted by atomic mass is 10.0. The molecule has 2 aromatic heterocycles. The van der Waals surface area contributed by atoms with E-state index in [9.17, 15) is 14.4 Å². The molecule has 3 amide bonds. The van der Waals surface area contributed by atoms with Gasteiger partial charge >= 0.3 is 11.7 Å². The predicted molar refractivity (Wildman–Crippen MR) is 261 cm³/mol. The van der Waals surface area contributed by atoms with Gasteiger partial charge in [-0.05, 0) is 66.9 Å². The van der Waals surface area contributed by atoms with E-state index in [2.05, 4.69) is 63.1 Å². The first-order valence-electron chi connectivity index (χ1n) is 23.7. The van der Waals surface area contributed by atoms with Crippen LogP contribution in [-0.4, -0.2) is 143 Å². The Balaban J connectivity index is 0.638. The Morgan fingerprint density at radius 1 is 0.886 bits per heavy atom. The number of amides is 3. The molecule has 4 fully saturated rings. The number of azide groups is 1. The molecule has 0 spiro atoms. The van der Waals surface area contributed by atoms with Crippen molar-refractivity contribution in [2.45, 2.75) is 68.0 Å². The van der Waals surface area contributed by atoms with E-state index >= 15 is 0 Å². The minimum absolute atomic E-state index is 0.0140. The van der Waals surface area contributed by atoms with Gasteiger partial charge in [-0.1, -0.05) is 35.8 Å². The number of urea groups is 1. The number of hydrogen-bond donors (Lipinski definition) is 3. The lowest BCUT2D eigenvalue weighted by Crippen LogP contribution is -2.46. The van der Waals surface area contributed by atoms with Crippen molar-refractivity contribution in [2.24, 2.45) is 5.11 Å². The Bertz CT molecular complexity index is 2590. The summed E-state index contributed by atoms with van der Waals surface area (Å²) < 4.78 is 34.8. The number of ether oxygens (including phenoxy) is 5. The van der Waals surface area contributed by atoms with Gasteiger partial charge in [0.25, 0.3) is 0 Å². The minimum atomic E-state index is -1.12. The summed E-state index contributed by atoms with van der Waals surface area (Å²) in [5.41, 5.74) is 12.8. The van der Waals surface area contributed by atoms with Gasteiger partial charge in [-0.15, -0.1) is 0 Å². The molecule has 0 radical (unpaired) electrons. The van der Waals surface area contributed by atoms with Crippen molar-refractivity contribution < 1.29 is 33.3 Å². The molecule has 5 aromatic rings. The lowest BCUT2D eigenvalue weighted by molar-refractivity contribution is -0.190. The maximum atomic E-state index is 13.2. The molecule has 5 atom stereocenters. The number of anilines is 2. The highest BCUT2D eigenvalue weighted by Gasteiger charge is 2.45. The number of unbranched alkanes of at least 4 members (excludes halogenated alkanes) is 1. The summed E-state index contributed by atoms with van der Waals surface area (Å²) in [5, 5.41) is 21.5. The van der Waals surface area contributed by atoms with E-state index in [1.165, 1.54) is 21.9 Å². The first kappa shape index (κ1) is 48.4. The molecule has 4 aliphatic rings. The fourth-order valence-corrected chi connectivity index (χ4v) is 10.6. The number of fused-ring (bicyclic) bond motifs is 1. The normalized spacial score (nSPS) is 21.8. The monoisotopic (exact) mass is 978 g/mol. The van der Waals surface area contributed by atoms with Crippen molar-refractivity contribution in [3.05, 3.63) is 118 Å². The third-order valence-electron chi connectivity index (χ3n) is 12.8. The van der Waals surface area contributed by atoms with Crippen LogP contribution >= 0.6 is 11.8 Å². The highest BCUT2D eigenvalue weighted by atomic mass is 32.2. The van der Waals surface area contributed by atoms with Gasteiger partial charge in [0.2, 0.25) is 11.7 Å². The van der Waals surface area contributed by atoms with Gasteiger partial charge in [-0.25, -0.2) is 28.5 Å². The SMILES string of the molecule is [N-]=[N+]=Nc1ccc([C@]2(Cn3cncn3)OC[C@@H](COc3ccc(N4CCN(c5ccc(-n6cnn(CCOCCOCCNC(=O)CCCC[C@@H]7SC[C@@H]8NC(=O)N[C@@H]87)c6=O)cc5)CC4)cc3)O2)cc1. The van der Waals surface area contributed by atoms with Gasteiger partial charge in [0, 0.05) is 77.7 Å². The number of nitrogens with one attached hydrogen (secondary N) is 3. The summed E-state index contributed by atoms with van der Waals surface area (Å²) in [6.45, 7) is 6.42. The van der Waals surface area contributed by atoms with E-state index in [0.717, 1.165) is 79.6 Å². The fourth-order valence-electron chi connectivity index (χ4n) is 9.09. The highest BCUT2D eigenvalue weighted by Crippen LogP contribution is 2.37. The van der Waals surface area contributed by atoms with Crippen molar-refractivity contribution in [1.29, 1.82) is 0 Å². The van der Waals surface area contributed by atoms with Gasteiger partial charge in [-0.3, -0.25) is 4.79 Å². The third-order valence-corrected chi connectivity index (χ3v) is 14.3. The first-order valence-corrected chi connectivity index (χ1v) is 24.8. The number of piperazine rings is 1. The molecule has 0 aliphatic carbocycles. The molecule has 22 nitrogen and oxygen atoms in total. The smallest absolute Gasteiger partial charge is 0.350 e. The maximum Gasteiger partial charge on any atom is 0.350 e. The van der Waals surface area contributed by atoms with Crippen molar-refractivity contribution in [3.63, 3.8) is 0 Å². The minimum Gasteiger partial charge on any atom is -0.491 e. The van der Waals surface area contributed by atoms with Gasteiger partial charge in [0.15, 0.2) is 0 Å². The second-order valence-electron chi connectivity index (χ2n) is 17.4. The Morgan fingerprint density at radius 2 is 1.61 bits per heavy atom. The van der Waals surface area contributed by atoms with Crippen molar-refractivity contribution in [3.8, 4) is 11.4 Å². The van der Waals surface area contributed by atoms with Gasteiger partial charge < -0.3 is 49.4 Å². The van der Waals surface area contributed by atoms with Gasteiger partial charge in [-0.2, -0.15) is 22.0 Å². The highest BCUT2D eigenvalue weighted by molar-refractivity contribution is 8.00. The molecule has 9 rings (SSSR count). The van der Waals surface area contributed by atoms with Crippen LogP contribution in [-0.2, 0) is 42.6 Å². The average Bonchev–Trinajstić information content (AvgIpc) is 4.25. The number of aromatic nitrogens is 6. The Morgan fingerprint density at radius 3 is 2.34 bits per heavy atom. The Labute approximate surface area is 408 Å². The standard InChI is InChI=1S/C47H58N14O8S/c48-56-55-35-7-5-34(6-8-35)47(30-59-32-49-31-51-59)68-28-40(69-47)27-67-39-15-13-37(14-16-39)58-20-18-57(19-21-58)36-9-11-38(12-10-36)60-33-52-61(46(60)64)22-24-66-26-25-65-23-17-50-43(62)4-2-1-3-42-44-41(29-70-42)53-45(63)54-44/h5-16,31-33,40-42,44H,1-4,17-30H2,(H,50,62)(H2,53,54,63)/t40-,41+,42+,44+,47-/m1/s1. The van der Waals surface area contributed by atoms with Gasteiger partial charge in [0.1, 0.15) is 44.0 Å². The van der Waals surface area contributed by atoms with Crippen LogP contribution < -0.4 is 36.2 Å². The van der Waals surface area contributed by atoms with Crippen LogP contribution in [0.25, 0.3) is 16.1 Å². The Kier molecular flexibility index (Phi) is 16.1. The maximum absolute atomic E-state index is 13.2. The van der Waals surface area contributed by atoms with Gasteiger partial charge in [0.05, 0.1) is 57.4 Å². The zero-order chi connectivity index (χ0) is 48.1. The molecule has 0 saturated carbocycles. The molecule has 23 heteroatoms. The van der Waals surface area contributed by atoms with Crippen LogP contribution in [0, 0.1) is 0 Å². The molecule has 0 unspecified atom stereocenters. The molecule has 0 bridgehead atoms. The van der Waals surface area contributed by atoms with Crippen molar-refractivity contribution >= 4 is 40.8 Å². The number of thioether (sulfide) groups is 1. The van der Waals surface area contributed by atoms with E-state index in [1.54, 1.807) is 23.1 Å². The van der Waals surface area contributed by atoms with Crippen LogP contribution in [0.2, 0.25) is 0 Å². The van der Waals surface area contributed by atoms with Crippen LogP contribution in [0.5, 0.6) is 5.75 Å². The second kappa shape index (κ2) is 23.3.